The van der Waals surface area contributed by atoms with E-state index in [1.165, 1.54) is 30.0 Å². The van der Waals surface area contributed by atoms with Gasteiger partial charge < -0.3 is 4.98 Å². The highest BCUT2D eigenvalue weighted by molar-refractivity contribution is 7.98. The molecule has 18 heavy (non-hydrogen) atoms. The van der Waals surface area contributed by atoms with Gasteiger partial charge in [0.25, 0.3) is 5.56 Å². The molecule has 0 saturated carbocycles. The minimum absolute atomic E-state index is 0.142. The van der Waals surface area contributed by atoms with Gasteiger partial charge in [0, 0.05) is 16.7 Å². The van der Waals surface area contributed by atoms with Crippen LogP contribution in [0.4, 0.5) is 4.39 Å². The summed E-state index contributed by atoms with van der Waals surface area (Å²) in [7, 11) is 0. The van der Waals surface area contributed by atoms with Crippen LogP contribution in [0.25, 0.3) is 0 Å². The van der Waals surface area contributed by atoms with E-state index in [1.807, 2.05) is 13.0 Å². The summed E-state index contributed by atoms with van der Waals surface area (Å²) in [6.07, 6.45) is 0.724. The second-order valence-electron chi connectivity index (χ2n) is 3.78. The fraction of sp³-hybridized carbons (Fsp3) is 0.231. The zero-order valence-corrected chi connectivity index (χ0v) is 10.8. The lowest BCUT2D eigenvalue weighted by Gasteiger charge is -2.03. The van der Waals surface area contributed by atoms with Crippen molar-refractivity contribution >= 4 is 11.8 Å². The van der Waals surface area contributed by atoms with Gasteiger partial charge in [-0.05, 0) is 24.6 Å². The third kappa shape index (κ3) is 3.43. The molecule has 0 saturated heterocycles. The lowest BCUT2D eigenvalue weighted by Crippen LogP contribution is -2.11. The highest BCUT2D eigenvalue weighted by Crippen LogP contribution is 2.21. The Morgan fingerprint density at radius 2 is 2.22 bits per heavy atom. The minimum Gasteiger partial charge on any atom is -0.310 e. The Morgan fingerprint density at radius 1 is 1.39 bits per heavy atom. The van der Waals surface area contributed by atoms with Gasteiger partial charge >= 0.3 is 0 Å². The van der Waals surface area contributed by atoms with Crippen molar-refractivity contribution in [2.45, 2.75) is 24.0 Å². The number of thioether (sulfide) groups is 1. The molecule has 0 unspecified atom stereocenters. The largest absolute Gasteiger partial charge is 0.310 e. The molecule has 0 amide bonds. The topological polar surface area (TPSA) is 45.8 Å². The van der Waals surface area contributed by atoms with Crippen molar-refractivity contribution in [2.75, 3.05) is 0 Å². The first kappa shape index (κ1) is 12.8. The second kappa shape index (κ2) is 5.82. The summed E-state index contributed by atoms with van der Waals surface area (Å²) in [6, 6.07) is 7.86. The average molecular weight is 264 g/mol. The van der Waals surface area contributed by atoms with Gasteiger partial charge in [0.2, 0.25) is 0 Å². The molecule has 0 aliphatic heterocycles. The number of aryl methyl sites for hydroxylation is 1. The highest BCUT2D eigenvalue weighted by Gasteiger charge is 2.02. The first-order valence-electron chi connectivity index (χ1n) is 5.65. The number of aromatic nitrogens is 2. The van der Waals surface area contributed by atoms with Crippen LogP contribution in [0.5, 0.6) is 0 Å². The van der Waals surface area contributed by atoms with E-state index < -0.39 is 0 Å². The molecule has 94 valence electrons. The number of aromatic amines is 1. The normalized spacial score (nSPS) is 10.6. The summed E-state index contributed by atoms with van der Waals surface area (Å²) in [4.78, 5) is 19.2. The number of rotatable bonds is 4. The summed E-state index contributed by atoms with van der Waals surface area (Å²) >= 11 is 1.44. The van der Waals surface area contributed by atoms with Crippen LogP contribution in [0.3, 0.4) is 0 Å². The molecule has 1 N–H and O–H groups in total. The van der Waals surface area contributed by atoms with E-state index in [1.54, 1.807) is 6.07 Å². The first-order chi connectivity index (χ1) is 8.67. The molecule has 0 fully saturated rings. The van der Waals surface area contributed by atoms with E-state index in [2.05, 4.69) is 9.97 Å². The van der Waals surface area contributed by atoms with Crippen LogP contribution < -0.4 is 5.56 Å². The van der Waals surface area contributed by atoms with Gasteiger partial charge in [-0.15, -0.1) is 11.8 Å². The van der Waals surface area contributed by atoms with E-state index in [0.717, 1.165) is 17.0 Å². The Labute approximate surface area is 108 Å². The lowest BCUT2D eigenvalue weighted by atomic mass is 10.3. The molecular formula is C13H13FN2OS. The molecule has 0 spiro atoms. The number of nitrogens with one attached hydrogen (secondary N) is 1. The SMILES string of the molecule is CCc1cc(=O)[nH]c(CSc2cccc(F)c2)n1. The molecule has 2 rings (SSSR count). The minimum atomic E-state index is -0.260. The number of hydrogen-bond acceptors (Lipinski definition) is 3. The maximum absolute atomic E-state index is 13.0. The van der Waals surface area contributed by atoms with Crippen molar-refractivity contribution in [3.8, 4) is 0 Å². The van der Waals surface area contributed by atoms with E-state index in [9.17, 15) is 9.18 Å². The van der Waals surface area contributed by atoms with Gasteiger partial charge in [-0.1, -0.05) is 13.0 Å². The Morgan fingerprint density at radius 3 is 2.94 bits per heavy atom. The van der Waals surface area contributed by atoms with Crippen LogP contribution in [-0.2, 0) is 12.2 Å². The van der Waals surface area contributed by atoms with Crippen LogP contribution >= 0.6 is 11.8 Å². The number of benzene rings is 1. The van der Waals surface area contributed by atoms with Gasteiger partial charge in [-0.3, -0.25) is 4.79 Å². The fourth-order valence-corrected chi connectivity index (χ4v) is 2.33. The number of nitrogens with zero attached hydrogens (tertiary/aromatic N) is 1. The smallest absolute Gasteiger partial charge is 0.251 e. The maximum Gasteiger partial charge on any atom is 0.251 e. The van der Waals surface area contributed by atoms with E-state index in [-0.39, 0.29) is 11.4 Å². The number of hydrogen-bond donors (Lipinski definition) is 1. The monoisotopic (exact) mass is 264 g/mol. The van der Waals surface area contributed by atoms with Crippen LogP contribution in [0.15, 0.2) is 40.0 Å². The Kier molecular flexibility index (Phi) is 4.15. The highest BCUT2D eigenvalue weighted by atomic mass is 32.2. The molecule has 0 atom stereocenters. The molecule has 1 aromatic heterocycles. The van der Waals surface area contributed by atoms with Gasteiger partial charge in [0.1, 0.15) is 11.6 Å². The zero-order chi connectivity index (χ0) is 13.0. The van der Waals surface area contributed by atoms with Crippen molar-refractivity contribution in [1.29, 1.82) is 0 Å². The molecule has 0 radical (unpaired) electrons. The summed E-state index contributed by atoms with van der Waals surface area (Å²) in [5.74, 6) is 0.879. The standard InChI is InChI=1S/C13H13FN2OS/c1-2-10-7-13(17)16-12(15-10)8-18-11-5-3-4-9(14)6-11/h3-7H,2,8H2,1H3,(H,15,16,17). The van der Waals surface area contributed by atoms with Crippen molar-refractivity contribution < 1.29 is 4.39 Å². The number of H-pyrrole nitrogens is 1. The molecule has 1 aromatic carbocycles. The van der Waals surface area contributed by atoms with Gasteiger partial charge in [0.15, 0.2) is 0 Å². The number of halogens is 1. The summed E-state index contributed by atoms with van der Waals surface area (Å²) in [5.41, 5.74) is 0.630. The molecule has 5 heteroatoms. The Bertz CT molecular complexity index is 598. The molecule has 0 aliphatic carbocycles. The summed E-state index contributed by atoms with van der Waals surface area (Å²) in [5, 5.41) is 0. The molecule has 2 aromatic rings. The van der Waals surface area contributed by atoms with Gasteiger partial charge in [-0.25, -0.2) is 9.37 Å². The third-order valence-corrected chi connectivity index (χ3v) is 3.38. The van der Waals surface area contributed by atoms with Crippen molar-refractivity contribution in [3.63, 3.8) is 0 Å². The van der Waals surface area contributed by atoms with Gasteiger partial charge in [0.05, 0.1) is 5.75 Å². The maximum atomic E-state index is 13.0. The van der Waals surface area contributed by atoms with Gasteiger partial charge in [-0.2, -0.15) is 0 Å². The summed E-state index contributed by atoms with van der Waals surface area (Å²) in [6.45, 7) is 1.95. The lowest BCUT2D eigenvalue weighted by molar-refractivity contribution is 0.624. The summed E-state index contributed by atoms with van der Waals surface area (Å²) < 4.78 is 13.0. The quantitative estimate of drug-likeness (QED) is 0.864. The van der Waals surface area contributed by atoms with Crippen molar-refractivity contribution in [1.82, 2.24) is 9.97 Å². The van der Waals surface area contributed by atoms with Crippen LogP contribution in [0.2, 0.25) is 0 Å². The van der Waals surface area contributed by atoms with Crippen LogP contribution in [0, 0.1) is 5.82 Å². The Balaban J connectivity index is 2.10. The first-order valence-corrected chi connectivity index (χ1v) is 6.63. The van der Waals surface area contributed by atoms with E-state index in [4.69, 9.17) is 0 Å². The van der Waals surface area contributed by atoms with Crippen LogP contribution in [-0.4, -0.2) is 9.97 Å². The van der Waals surface area contributed by atoms with Crippen molar-refractivity contribution in [2.24, 2.45) is 0 Å². The predicted octanol–water partition coefficient (Wildman–Crippen LogP) is 2.76. The van der Waals surface area contributed by atoms with Crippen LogP contribution in [0.1, 0.15) is 18.4 Å². The predicted molar refractivity (Wildman–Crippen MR) is 70.2 cm³/mol. The third-order valence-electron chi connectivity index (χ3n) is 2.38. The molecule has 3 nitrogen and oxygen atoms in total. The second-order valence-corrected chi connectivity index (χ2v) is 4.83. The Hall–Kier alpha value is -1.62. The van der Waals surface area contributed by atoms with E-state index >= 15 is 0 Å². The molecule has 0 bridgehead atoms. The molecule has 0 aliphatic rings. The van der Waals surface area contributed by atoms with E-state index in [0.29, 0.717) is 11.6 Å². The average Bonchev–Trinajstić information content (AvgIpc) is 2.36. The molecule has 1 heterocycles. The molecular weight excluding hydrogens is 251 g/mol. The fourth-order valence-electron chi connectivity index (χ4n) is 1.52. The zero-order valence-electron chi connectivity index (χ0n) is 9.94. The van der Waals surface area contributed by atoms with Crippen molar-refractivity contribution in [3.05, 3.63) is 58.0 Å².